The number of carbonyl (C=O) groups is 1. The second-order valence-corrected chi connectivity index (χ2v) is 11.2. The largest absolute Gasteiger partial charge is 0.351 e. The molecule has 4 aromatic rings. The van der Waals surface area contributed by atoms with Crippen LogP contribution in [0.3, 0.4) is 0 Å². The van der Waals surface area contributed by atoms with Crippen molar-refractivity contribution in [3.05, 3.63) is 60.0 Å². The topological polar surface area (TPSA) is 94.5 Å². The fourth-order valence-corrected chi connectivity index (χ4v) is 5.59. The van der Waals surface area contributed by atoms with Crippen LogP contribution in [0.4, 0.5) is 0 Å². The maximum Gasteiger partial charge on any atom is 0.270 e. The Morgan fingerprint density at radius 3 is 2.49 bits per heavy atom. The molecular formula is C25H30N6O3S. The highest BCUT2D eigenvalue weighted by molar-refractivity contribution is 7.89. The molecule has 1 aliphatic rings. The molecule has 1 saturated heterocycles. The Hall–Kier alpha value is -3.21. The average molecular weight is 495 g/mol. The number of aromatic amines is 1. The highest BCUT2D eigenvalue weighted by Crippen LogP contribution is 2.23. The molecule has 184 valence electrons. The predicted octanol–water partition coefficient (Wildman–Crippen LogP) is 2.75. The molecule has 0 unspecified atom stereocenters. The van der Waals surface area contributed by atoms with E-state index in [1.165, 1.54) is 18.4 Å². The molecule has 5 rings (SSSR count). The van der Waals surface area contributed by atoms with Gasteiger partial charge in [-0.05, 0) is 37.3 Å². The Balaban J connectivity index is 1.29. The maximum absolute atomic E-state index is 13.0. The van der Waals surface area contributed by atoms with Crippen molar-refractivity contribution in [2.24, 2.45) is 0 Å². The third kappa shape index (κ3) is 4.33. The van der Waals surface area contributed by atoms with E-state index in [2.05, 4.69) is 21.4 Å². The van der Waals surface area contributed by atoms with Crippen LogP contribution in [-0.2, 0) is 23.1 Å². The van der Waals surface area contributed by atoms with Gasteiger partial charge in [-0.25, -0.2) is 17.7 Å². The summed E-state index contributed by atoms with van der Waals surface area (Å²) in [4.78, 5) is 25.5. The summed E-state index contributed by atoms with van der Waals surface area (Å²) >= 11 is 0. The summed E-state index contributed by atoms with van der Waals surface area (Å²) in [5, 5.41) is 1.04. The number of nitrogens with zero attached hydrogens (tertiary/aromatic N) is 5. The number of sulfonamides is 1. The minimum Gasteiger partial charge on any atom is -0.351 e. The van der Waals surface area contributed by atoms with Crippen LogP contribution in [-0.4, -0.2) is 83.2 Å². The van der Waals surface area contributed by atoms with Gasteiger partial charge in [-0.15, -0.1) is 0 Å². The van der Waals surface area contributed by atoms with Gasteiger partial charge in [0.05, 0.1) is 22.5 Å². The lowest BCUT2D eigenvalue weighted by atomic mass is 10.2. The number of para-hydroxylation sites is 1. The number of benzene rings is 2. The highest BCUT2D eigenvalue weighted by atomic mass is 32.2. The fourth-order valence-electron chi connectivity index (χ4n) is 4.67. The molecule has 9 nitrogen and oxygen atoms in total. The van der Waals surface area contributed by atoms with Crippen LogP contribution in [0, 0.1) is 0 Å². The minimum absolute atomic E-state index is 0.0243. The Kier molecular flexibility index (Phi) is 6.12. The number of aryl methyl sites for hydroxylation is 1. The molecule has 0 bridgehead atoms. The molecule has 0 atom stereocenters. The quantitative estimate of drug-likeness (QED) is 0.445. The van der Waals surface area contributed by atoms with Gasteiger partial charge in [0.2, 0.25) is 10.0 Å². The van der Waals surface area contributed by atoms with Crippen LogP contribution >= 0.6 is 0 Å². The van der Waals surface area contributed by atoms with Gasteiger partial charge in [-0.1, -0.05) is 18.2 Å². The number of carbonyl (C=O) groups excluding carboxylic acids is 1. The summed E-state index contributed by atoms with van der Waals surface area (Å²) < 4.78 is 28.4. The number of hydrogen-bond donors (Lipinski definition) is 1. The second-order valence-electron chi connectivity index (χ2n) is 9.05. The molecule has 0 aliphatic carbocycles. The van der Waals surface area contributed by atoms with Gasteiger partial charge in [-0.2, -0.15) is 0 Å². The Morgan fingerprint density at radius 1 is 1.06 bits per heavy atom. The zero-order valence-electron chi connectivity index (χ0n) is 20.2. The number of fused-ring (bicyclic) bond motifs is 2. The first-order chi connectivity index (χ1) is 16.8. The molecule has 0 radical (unpaired) electrons. The van der Waals surface area contributed by atoms with E-state index in [0.29, 0.717) is 30.8 Å². The van der Waals surface area contributed by atoms with E-state index in [-0.39, 0.29) is 10.8 Å². The first-order valence-electron chi connectivity index (χ1n) is 11.8. The number of rotatable bonds is 6. The van der Waals surface area contributed by atoms with Crippen LogP contribution in [0.2, 0.25) is 0 Å². The van der Waals surface area contributed by atoms with Crippen molar-refractivity contribution in [1.29, 1.82) is 0 Å². The Labute approximate surface area is 205 Å². The first-order valence-corrected chi connectivity index (χ1v) is 13.2. The highest BCUT2D eigenvalue weighted by Gasteiger charge is 2.25. The van der Waals surface area contributed by atoms with E-state index in [4.69, 9.17) is 4.98 Å². The molecule has 1 aliphatic heterocycles. The third-order valence-electron chi connectivity index (χ3n) is 6.68. The van der Waals surface area contributed by atoms with Gasteiger partial charge in [0.25, 0.3) is 5.91 Å². The first kappa shape index (κ1) is 23.5. The van der Waals surface area contributed by atoms with Crippen LogP contribution in [0.25, 0.3) is 21.9 Å². The zero-order chi connectivity index (χ0) is 24.7. The van der Waals surface area contributed by atoms with E-state index in [9.17, 15) is 13.2 Å². The maximum atomic E-state index is 13.0. The number of piperazine rings is 1. The smallest absolute Gasteiger partial charge is 0.270 e. The number of nitrogens with one attached hydrogen (secondary N) is 1. The molecular weight excluding hydrogens is 464 g/mol. The Bertz CT molecular complexity index is 1460. The van der Waals surface area contributed by atoms with Crippen molar-refractivity contribution in [1.82, 2.24) is 28.6 Å². The van der Waals surface area contributed by atoms with Crippen LogP contribution < -0.4 is 0 Å². The molecule has 0 saturated carbocycles. The molecule has 10 heteroatoms. The molecule has 2 aromatic carbocycles. The molecule has 1 N–H and O–H groups in total. The average Bonchev–Trinajstić information content (AvgIpc) is 3.44. The lowest BCUT2D eigenvalue weighted by Gasteiger charge is -2.34. The summed E-state index contributed by atoms with van der Waals surface area (Å²) in [7, 11) is -0.466. The van der Waals surface area contributed by atoms with E-state index in [1.807, 2.05) is 41.3 Å². The molecule has 1 amide bonds. The van der Waals surface area contributed by atoms with Gasteiger partial charge in [0.15, 0.2) is 0 Å². The van der Waals surface area contributed by atoms with Crippen molar-refractivity contribution < 1.29 is 13.2 Å². The van der Waals surface area contributed by atoms with Crippen molar-refractivity contribution in [2.75, 3.05) is 40.3 Å². The van der Waals surface area contributed by atoms with E-state index in [0.717, 1.165) is 41.9 Å². The number of imidazole rings is 1. The number of amides is 1. The summed E-state index contributed by atoms with van der Waals surface area (Å²) in [6.07, 6.45) is 0. The number of H-pyrrole nitrogens is 1. The van der Waals surface area contributed by atoms with Gasteiger partial charge < -0.3 is 14.5 Å². The van der Waals surface area contributed by atoms with Gasteiger partial charge >= 0.3 is 0 Å². The van der Waals surface area contributed by atoms with Crippen LogP contribution in [0.1, 0.15) is 23.2 Å². The fraction of sp³-hybridized carbons (Fsp3) is 0.360. The number of aromatic nitrogens is 3. The summed E-state index contributed by atoms with van der Waals surface area (Å²) in [5.41, 5.74) is 3.19. The zero-order valence-corrected chi connectivity index (χ0v) is 21.0. The summed E-state index contributed by atoms with van der Waals surface area (Å²) in [6, 6.07) is 14.9. The lowest BCUT2D eigenvalue weighted by Crippen LogP contribution is -2.48. The van der Waals surface area contributed by atoms with Crippen molar-refractivity contribution in [3.63, 3.8) is 0 Å². The van der Waals surface area contributed by atoms with Crippen LogP contribution in [0.15, 0.2) is 53.4 Å². The molecule has 35 heavy (non-hydrogen) atoms. The normalized spacial score (nSPS) is 15.5. The predicted molar refractivity (Wildman–Crippen MR) is 136 cm³/mol. The SMILES string of the molecule is CCn1c(CN2CCN(C(=O)c3cc4ccccc4[nH]3)CC2)nc2cc(S(=O)(=O)N(C)C)ccc21. The van der Waals surface area contributed by atoms with Gasteiger partial charge in [0.1, 0.15) is 11.5 Å². The standard InChI is InChI=1S/C25H30N6O3S/c1-4-31-23-10-9-19(35(33,34)28(2)3)16-21(23)27-24(31)17-29-11-13-30(14-12-29)25(32)22-15-18-7-5-6-8-20(18)26-22/h5-10,15-16,26H,4,11-14,17H2,1-3H3. The van der Waals surface area contributed by atoms with Crippen LogP contribution in [0.5, 0.6) is 0 Å². The van der Waals surface area contributed by atoms with E-state index in [1.54, 1.807) is 12.1 Å². The summed E-state index contributed by atoms with van der Waals surface area (Å²) in [5.74, 6) is 0.925. The monoisotopic (exact) mass is 494 g/mol. The second kappa shape index (κ2) is 9.10. The molecule has 1 fully saturated rings. The van der Waals surface area contributed by atoms with Gasteiger partial charge in [0, 0.05) is 57.7 Å². The molecule has 0 spiro atoms. The Morgan fingerprint density at radius 2 is 1.80 bits per heavy atom. The summed E-state index contributed by atoms with van der Waals surface area (Å²) in [6.45, 7) is 6.24. The van der Waals surface area contributed by atoms with Crippen molar-refractivity contribution >= 4 is 37.9 Å². The third-order valence-corrected chi connectivity index (χ3v) is 8.49. The van der Waals surface area contributed by atoms with E-state index >= 15 is 0 Å². The van der Waals surface area contributed by atoms with Crippen molar-refractivity contribution in [3.8, 4) is 0 Å². The molecule has 2 aromatic heterocycles. The lowest BCUT2D eigenvalue weighted by molar-refractivity contribution is 0.0619. The minimum atomic E-state index is -3.52. The number of hydrogen-bond acceptors (Lipinski definition) is 5. The van der Waals surface area contributed by atoms with E-state index < -0.39 is 10.0 Å². The van der Waals surface area contributed by atoms with Crippen molar-refractivity contribution in [2.45, 2.75) is 24.9 Å². The van der Waals surface area contributed by atoms with Gasteiger partial charge in [-0.3, -0.25) is 9.69 Å². The molecule has 3 heterocycles.